The van der Waals surface area contributed by atoms with Crippen molar-refractivity contribution >= 4 is 5.91 Å². The van der Waals surface area contributed by atoms with Crippen molar-refractivity contribution in [2.24, 2.45) is 0 Å². The second kappa shape index (κ2) is 8.07. The number of rotatable bonds is 5. The molecule has 4 heterocycles. The van der Waals surface area contributed by atoms with E-state index in [2.05, 4.69) is 20.5 Å². The predicted molar refractivity (Wildman–Crippen MR) is 97.6 cm³/mol. The maximum atomic E-state index is 13.6. The summed E-state index contributed by atoms with van der Waals surface area (Å²) in [6, 6.07) is 1.66. The third-order valence-electron chi connectivity index (χ3n) is 4.88. The lowest BCUT2D eigenvalue weighted by Crippen LogP contribution is -2.54. The summed E-state index contributed by atoms with van der Waals surface area (Å²) in [6.07, 6.45) is 7.17. The summed E-state index contributed by atoms with van der Waals surface area (Å²) >= 11 is 0. The normalized spacial score (nSPS) is 23.0. The van der Waals surface area contributed by atoms with E-state index in [-0.39, 0.29) is 17.6 Å². The van der Waals surface area contributed by atoms with E-state index in [9.17, 15) is 13.6 Å². The van der Waals surface area contributed by atoms with Gasteiger partial charge in [-0.05, 0) is 23.8 Å². The molecule has 148 valence electrons. The molecule has 0 saturated carbocycles. The number of hydrogen-bond donors (Lipinski definition) is 2. The van der Waals surface area contributed by atoms with Crippen LogP contribution in [0.3, 0.4) is 0 Å². The average molecular weight is 389 g/mol. The van der Waals surface area contributed by atoms with Gasteiger partial charge < -0.3 is 20.3 Å². The third-order valence-corrected chi connectivity index (χ3v) is 4.88. The molecule has 1 fully saturated rings. The van der Waals surface area contributed by atoms with Crippen LogP contribution in [0.4, 0.5) is 8.78 Å². The van der Waals surface area contributed by atoms with Gasteiger partial charge in [0.25, 0.3) is 12.3 Å². The standard InChI is InChI=1S/C19H21F2N5O2/c20-17(21)15(13-4-3-6-22-12-13)23-18(27)16-14-5-1-2-7-26(14)19(24-16)25-8-10-28-11-9-25/h1-7,12,15,17,19,24H,8-11H2,(H,23,27). The molecule has 1 aromatic rings. The van der Waals surface area contributed by atoms with Crippen LogP contribution in [0.25, 0.3) is 0 Å². The second-order valence-corrected chi connectivity index (χ2v) is 6.61. The molecule has 0 bridgehead atoms. The number of nitrogens with one attached hydrogen (secondary N) is 2. The Labute approximate surface area is 161 Å². The van der Waals surface area contributed by atoms with E-state index in [1.165, 1.54) is 18.5 Å². The Kier molecular flexibility index (Phi) is 5.36. The zero-order chi connectivity index (χ0) is 19.5. The Morgan fingerprint density at radius 2 is 2.14 bits per heavy atom. The van der Waals surface area contributed by atoms with Gasteiger partial charge in [0.2, 0.25) is 0 Å². The monoisotopic (exact) mass is 389 g/mol. The number of fused-ring (bicyclic) bond motifs is 1. The van der Waals surface area contributed by atoms with Gasteiger partial charge in [-0.1, -0.05) is 12.1 Å². The van der Waals surface area contributed by atoms with E-state index < -0.39 is 18.4 Å². The fraction of sp³-hybridized carbons (Fsp3) is 0.368. The van der Waals surface area contributed by atoms with Crippen LogP contribution in [-0.4, -0.2) is 59.7 Å². The summed E-state index contributed by atoms with van der Waals surface area (Å²) in [7, 11) is 0. The van der Waals surface area contributed by atoms with Gasteiger partial charge in [-0.3, -0.25) is 14.7 Å². The van der Waals surface area contributed by atoms with Crippen molar-refractivity contribution in [3.63, 3.8) is 0 Å². The Hall–Kier alpha value is -2.78. The number of hydrogen-bond acceptors (Lipinski definition) is 6. The topological polar surface area (TPSA) is 69.7 Å². The van der Waals surface area contributed by atoms with Gasteiger partial charge in [0, 0.05) is 31.7 Å². The Bertz CT molecular complexity index is 806. The van der Waals surface area contributed by atoms with Gasteiger partial charge in [-0.15, -0.1) is 0 Å². The number of allylic oxidation sites excluding steroid dienone is 3. The summed E-state index contributed by atoms with van der Waals surface area (Å²) in [4.78, 5) is 20.9. The predicted octanol–water partition coefficient (Wildman–Crippen LogP) is 1.32. The van der Waals surface area contributed by atoms with Gasteiger partial charge in [-0.25, -0.2) is 8.78 Å². The first kappa shape index (κ1) is 18.6. The number of pyridine rings is 1. The molecular weight excluding hydrogens is 368 g/mol. The molecular formula is C19H21F2N5O2. The highest BCUT2D eigenvalue weighted by Crippen LogP contribution is 2.28. The van der Waals surface area contributed by atoms with Crippen molar-refractivity contribution < 1.29 is 18.3 Å². The largest absolute Gasteiger partial charge is 0.379 e. The SMILES string of the molecule is O=C(NC(c1cccnc1)C(F)F)C1=C2C=CC=CN2C(N2CCOCC2)N1. The molecule has 7 nitrogen and oxygen atoms in total. The first-order chi connectivity index (χ1) is 13.6. The van der Waals surface area contributed by atoms with E-state index in [1.54, 1.807) is 12.1 Å². The van der Waals surface area contributed by atoms with E-state index in [0.717, 1.165) is 0 Å². The van der Waals surface area contributed by atoms with Crippen molar-refractivity contribution in [3.8, 4) is 0 Å². The number of nitrogens with zero attached hydrogens (tertiary/aromatic N) is 3. The maximum absolute atomic E-state index is 13.6. The smallest absolute Gasteiger partial charge is 0.270 e. The first-order valence-corrected chi connectivity index (χ1v) is 9.10. The van der Waals surface area contributed by atoms with Crippen molar-refractivity contribution in [2.75, 3.05) is 26.3 Å². The van der Waals surface area contributed by atoms with Crippen LogP contribution >= 0.6 is 0 Å². The van der Waals surface area contributed by atoms with Crippen molar-refractivity contribution in [2.45, 2.75) is 18.8 Å². The Balaban J connectivity index is 1.55. The number of morpholine rings is 1. The molecule has 2 atom stereocenters. The number of carbonyl (C=O) groups is 1. The average Bonchev–Trinajstić information content (AvgIpc) is 3.13. The minimum Gasteiger partial charge on any atom is -0.379 e. The molecule has 3 aliphatic heterocycles. The maximum Gasteiger partial charge on any atom is 0.270 e. The highest BCUT2D eigenvalue weighted by molar-refractivity contribution is 5.95. The highest BCUT2D eigenvalue weighted by Gasteiger charge is 2.38. The molecule has 3 aliphatic rings. The fourth-order valence-corrected chi connectivity index (χ4v) is 3.49. The van der Waals surface area contributed by atoms with Crippen LogP contribution < -0.4 is 10.6 Å². The molecule has 0 radical (unpaired) electrons. The van der Waals surface area contributed by atoms with Gasteiger partial charge in [-0.2, -0.15) is 0 Å². The molecule has 2 N–H and O–H groups in total. The number of aromatic nitrogens is 1. The molecule has 0 aromatic carbocycles. The summed E-state index contributed by atoms with van der Waals surface area (Å²) in [5.74, 6) is -0.579. The van der Waals surface area contributed by atoms with Crippen molar-refractivity contribution in [3.05, 3.63) is 65.9 Å². The molecule has 2 unspecified atom stereocenters. The van der Waals surface area contributed by atoms with Gasteiger partial charge in [0.05, 0.1) is 18.9 Å². The summed E-state index contributed by atoms with van der Waals surface area (Å²) < 4.78 is 32.6. The summed E-state index contributed by atoms with van der Waals surface area (Å²) in [6.45, 7) is 2.64. The number of amides is 1. The van der Waals surface area contributed by atoms with Crippen molar-refractivity contribution in [1.82, 2.24) is 25.4 Å². The zero-order valence-electron chi connectivity index (χ0n) is 15.1. The van der Waals surface area contributed by atoms with Crippen LogP contribution in [0, 0.1) is 0 Å². The first-order valence-electron chi connectivity index (χ1n) is 9.10. The number of alkyl halides is 2. The van der Waals surface area contributed by atoms with Gasteiger partial charge >= 0.3 is 0 Å². The van der Waals surface area contributed by atoms with Crippen LogP contribution in [0.2, 0.25) is 0 Å². The highest BCUT2D eigenvalue weighted by atomic mass is 19.3. The molecule has 1 aromatic heterocycles. The number of ether oxygens (including phenoxy) is 1. The van der Waals surface area contributed by atoms with Gasteiger partial charge in [0.1, 0.15) is 11.7 Å². The Morgan fingerprint density at radius 1 is 1.32 bits per heavy atom. The van der Waals surface area contributed by atoms with E-state index >= 15 is 0 Å². The fourth-order valence-electron chi connectivity index (χ4n) is 3.49. The minimum absolute atomic E-state index is 0.259. The summed E-state index contributed by atoms with van der Waals surface area (Å²) in [5, 5.41) is 5.65. The van der Waals surface area contributed by atoms with Crippen molar-refractivity contribution in [1.29, 1.82) is 0 Å². The van der Waals surface area contributed by atoms with Crippen LogP contribution in [0.1, 0.15) is 11.6 Å². The molecule has 0 aliphatic carbocycles. The molecule has 4 rings (SSSR count). The second-order valence-electron chi connectivity index (χ2n) is 6.61. The van der Waals surface area contributed by atoms with Crippen LogP contribution in [-0.2, 0) is 9.53 Å². The lowest BCUT2D eigenvalue weighted by atomic mass is 10.1. The van der Waals surface area contributed by atoms with Crippen LogP contribution in [0.5, 0.6) is 0 Å². The quantitative estimate of drug-likeness (QED) is 0.792. The third kappa shape index (κ3) is 3.63. The van der Waals surface area contributed by atoms with E-state index in [1.807, 2.05) is 23.3 Å². The zero-order valence-corrected chi connectivity index (χ0v) is 15.1. The van der Waals surface area contributed by atoms with E-state index in [0.29, 0.717) is 32.0 Å². The molecule has 1 amide bonds. The Morgan fingerprint density at radius 3 is 2.86 bits per heavy atom. The summed E-state index contributed by atoms with van der Waals surface area (Å²) in [5.41, 5.74) is 1.18. The van der Waals surface area contributed by atoms with Crippen LogP contribution in [0.15, 0.2) is 60.3 Å². The number of carbonyl (C=O) groups excluding carboxylic acids is 1. The lowest BCUT2D eigenvalue weighted by Gasteiger charge is -2.37. The van der Waals surface area contributed by atoms with Gasteiger partial charge in [0.15, 0.2) is 6.29 Å². The number of halogens is 2. The molecule has 0 spiro atoms. The van der Waals surface area contributed by atoms with E-state index in [4.69, 9.17) is 4.74 Å². The lowest BCUT2D eigenvalue weighted by molar-refractivity contribution is -0.120. The molecule has 9 heteroatoms. The molecule has 1 saturated heterocycles. The minimum atomic E-state index is -2.76. The molecule has 28 heavy (non-hydrogen) atoms.